The van der Waals surface area contributed by atoms with Crippen LogP contribution in [-0.2, 0) is 6.18 Å². The van der Waals surface area contributed by atoms with Crippen LogP contribution in [0.25, 0.3) is 0 Å². The number of nitrogens with one attached hydrogen (secondary N) is 2. The largest absolute Gasteiger partial charge is 0.421 e. The number of alkyl halides is 3. The Labute approximate surface area is 203 Å². The smallest absolute Gasteiger partial charge is 0.368 e. The van der Waals surface area contributed by atoms with E-state index in [0.29, 0.717) is 17.0 Å². The first-order chi connectivity index (χ1) is 15.5. The lowest BCUT2D eigenvalue weighted by Gasteiger charge is -2.36. The molecule has 34 heavy (non-hydrogen) atoms. The average molecular weight is 503 g/mol. The number of rotatable bonds is 9. The summed E-state index contributed by atoms with van der Waals surface area (Å²) in [6, 6.07) is -0.295. The van der Waals surface area contributed by atoms with Gasteiger partial charge in [0.2, 0.25) is 11.9 Å². The van der Waals surface area contributed by atoms with E-state index in [1.165, 1.54) is 6.20 Å². The van der Waals surface area contributed by atoms with Crippen LogP contribution >= 0.6 is 11.6 Å². The highest BCUT2D eigenvalue weighted by Gasteiger charge is 2.37. The third-order valence-electron chi connectivity index (χ3n) is 6.07. The van der Waals surface area contributed by atoms with Gasteiger partial charge in [-0.2, -0.15) is 23.1 Å². The van der Waals surface area contributed by atoms with Gasteiger partial charge in [-0.3, -0.25) is 0 Å². The van der Waals surface area contributed by atoms with Crippen LogP contribution in [0.1, 0.15) is 66.4 Å². The molecule has 6 N–H and O–H groups in total. The van der Waals surface area contributed by atoms with Crippen molar-refractivity contribution in [3.63, 3.8) is 0 Å². The van der Waals surface area contributed by atoms with E-state index in [2.05, 4.69) is 51.3 Å². The van der Waals surface area contributed by atoms with Gasteiger partial charge in [-0.05, 0) is 30.6 Å². The van der Waals surface area contributed by atoms with Crippen LogP contribution in [0.5, 0.6) is 0 Å². The number of nitrogens with zero attached hydrogens (tertiary/aromatic N) is 4. The van der Waals surface area contributed by atoms with Crippen LogP contribution in [0.4, 0.5) is 36.7 Å². The van der Waals surface area contributed by atoms with Crippen molar-refractivity contribution in [3.8, 4) is 0 Å². The molecule has 190 valence electrons. The van der Waals surface area contributed by atoms with Crippen molar-refractivity contribution in [1.29, 1.82) is 0 Å². The molecule has 12 heteroatoms. The van der Waals surface area contributed by atoms with Crippen molar-refractivity contribution in [1.82, 2.24) is 19.9 Å². The monoisotopic (exact) mass is 502 g/mol. The van der Waals surface area contributed by atoms with Gasteiger partial charge in [-0.15, -0.1) is 0 Å². The summed E-state index contributed by atoms with van der Waals surface area (Å²) in [7, 11) is 0. The van der Waals surface area contributed by atoms with Gasteiger partial charge >= 0.3 is 6.18 Å². The maximum absolute atomic E-state index is 13.4. The molecular formula is C22H34ClF3N8. The summed E-state index contributed by atoms with van der Waals surface area (Å²) >= 11 is 6.22. The fraction of sp³-hybridized carbons (Fsp3) is 0.636. The predicted octanol–water partition coefficient (Wildman–Crippen LogP) is 5.63. The first-order valence-electron chi connectivity index (χ1n) is 11.0. The number of halogens is 4. The fourth-order valence-electron chi connectivity index (χ4n) is 3.46. The summed E-state index contributed by atoms with van der Waals surface area (Å²) in [5.41, 5.74) is 9.83. The number of hydrogen-bond donors (Lipinski definition) is 4. The normalized spacial score (nSPS) is 14.5. The molecule has 2 aromatic rings. The molecule has 2 aromatic heterocycles. The molecule has 0 aliphatic carbocycles. The molecule has 0 fully saturated rings. The van der Waals surface area contributed by atoms with Gasteiger partial charge in [0.25, 0.3) is 0 Å². The van der Waals surface area contributed by atoms with Gasteiger partial charge in [-0.25, -0.2) is 9.97 Å². The molecule has 0 aromatic carbocycles. The fourth-order valence-corrected chi connectivity index (χ4v) is 3.61. The third-order valence-corrected chi connectivity index (χ3v) is 6.35. The van der Waals surface area contributed by atoms with Crippen LogP contribution in [0, 0.1) is 10.8 Å². The van der Waals surface area contributed by atoms with Crippen molar-refractivity contribution >= 4 is 35.1 Å². The molecule has 8 nitrogen and oxygen atoms in total. The number of nitrogens with two attached hydrogens (primary N) is 2. The minimum Gasteiger partial charge on any atom is -0.368 e. The van der Waals surface area contributed by atoms with Crippen LogP contribution in [0.3, 0.4) is 0 Å². The molecule has 0 spiro atoms. The highest BCUT2D eigenvalue weighted by molar-refractivity contribution is 6.32. The zero-order valence-corrected chi connectivity index (χ0v) is 21.1. The highest BCUT2D eigenvalue weighted by Crippen LogP contribution is 2.37. The SMILES string of the molecule is C[C@@H](Nc1nc(N)ncc1C(F)(F)F)C(C)(C)CCC[C@@H](Nc1nc(N)ncc1Cl)C(C)(C)C. The molecule has 0 unspecified atom stereocenters. The van der Waals surface area contributed by atoms with Gasteiger partial charge in [0.15, 0.2) is 5.82 Å². The Hall–Kier alpha value is -2.56. The summed E-state index contributed by atoms with van der Waals surface area (Å²) in [6.07, 6.45) is -0.0843. The average Bonchev–Trinajstić information content (AvgIpc) is 2.68. The number of anilines is 4. The molecule has 2 heterocycles. The quantitative estimate of drug-likeness (QED) is 0.347. The molecule has 2 atom stereocenters. The van der Waals surface area contributed by atoms with Gasteiger partial charge < -0.3 is 22.1 Å². The van der Waals surface area contributed by atoms with E-state index in [1.807, 2.05) is 20.8 Å². The van der Waals surface area contributed by atoms with Gasteiger partial charge in [0.1, 0.15) is 16.4 Å². The Balaban J connectivity index is 2.08. The van der Waals surface area contributed by atoms with Gasteiger partial charge in [0, 0.05) is 18.3 Å². The molecule has 2 rings (SSSR count). The Morgan fingerprint density at radius 3 is 2.06 bits per heavy atom. The summed E-state index contributed by atoms with van der Waals surface area (Å²) < 4.78 is 40.1. The Bertz CT molecular complexity index is 976. The van der Waals surface area contributed by atoms with E-state index in [1.54, 1.807) is 0 Å². The summed E-state index contributed by atoms with van der Waals surface area (Å²) in [4.78, 5) is 15.4. The lowest BCUT2D eigenvalue weighted by atomic mass is 9.77. The Morgan fingerprint density at radius 1 is 0.941 bits per heavy atom. The van der Waals surface area contributed by atoms with Gasteiger partial charge in [0.05, 0.1) is 6.20 Å². The molecular weight excluding hydrogens is 469 g/mol. The van der Waals surface area contributed by atoms with E-state index in [-0.39, 0.29) is 40.6 Å². The molecule has 0 radical (unpaired) electrons. The minimum atomic E-state index is -4.59. The minimum absolute atomic E-state index is 0.0249. The van der Waals surface area contributed by atoms with E-state index in [0.717, 1.165) is 19.3 Å². The molecule has 0 amide bonds. The van der Waals surface area contributed by atoms with E-state index in [9.17, 15) is 13.2 Å². The van der Waals surface area contributed by atoms with E-state index < -0.39 is 11.7 Å². The van der Waals surface area contributed by atoms with Gasteiger partial charge in [-0.1, -0.05) is 52.6 Å². The van der Waals surface area contributed by atoms with Crippen molar-refractivity contribution in [2.24, 2.45) is 10.8 Å². The lowest BCUT2D eigenvalue weighted by Crippen LogP contribution is -2.37. The van der Waals surface area contributed by atoms with E-state index >= 15 is 0 Å². The Kier molecular flexibility index (Phi) is 8.44. The van der Waals surface area contributed by atoms with Crippen LogP contribution in [0.2, 0.25) is 5.02 Å². The predicted molar refractivity (Wildman–Crippen MR) is 130 cm³/mol. The standard InChI is InChI=1S/C22H34ClF3N8/c1-12(31-16-13(22(24,25)26)10-29-18(27)33-16)21(5,6)9-7-8-15(20(2,3)4)32-17-14(23)11-30-19(28)34-17/h10-12,15H,7-9H2,1-6H3,(H3,27,29,31,33)(H3,28,30,32,34)/t12-,15-/m1/s1. The molecule has 0 saturated carbocycles. The number of aromatic nitrogens is 4. The van der Waals surface area contributed by atoms with Crippen molar-refractivity contribution in [2.45, 2.75) is 79.1 Å². The third kappa shape index (κ3) is 7.48. The summed E-state index contributed by atoms with van der Waals surface area (Å²) in [6.45, 7) is 12.2. The Morgan fingerprint density at radius 2 is 1.50 bits per heavy atom. The zero-order valence-electron chi connectivity index (χ0n) is 20.4. The second-order valence-corrected chi connectivity index (χ2v) is 10.6. The number of nitrogen functional groups attached to an aromatic ring is 2. The van der Waals surface area contributed by atoms with Crippen LogP contribution < -0.4 is 22.1 Å². The molecule has 0 saturated heterocycles. The van der Waals surface area contributed by atoms with Crippen molar-refractivity contribution in [2.75, 3.05) is 22.1 Å². The summed E-state index contributed by atoms with van der Waals surface area (Å²) in [5, 5.41) is 6.66. The number of hydrogen-bond acceptors (Lipinski definition) is 8. The van der Waals surface area contributed by atoms with Crippen molar-refractivity contribution in [3.05, 3.63) is 23.0 Å². The van der Waals surface area contributed by atoms with E-state index in [4.69, 9.17) is 23.1 Å². The van der Waals surface area contributed by atoms with Crippen LogP contribution in [0.15, 0.2) is 12.4 Å². The molecule has 0 aliphatic rings. The maximum Gasteiger partial charge on any atom is 0.421 e. The summed E-state index contributed by atoms with van der Waals surface area (Å²) in [5.74, 6) is 0.0722. The topological polar surface area (TPSA) is 128 Å². The molecule has 0 aliphatic heterocycles. The first kappa shape index (κ1) is 27.7. The first-order valence-corrected chi connectivity index (χ1v) is 11.4. The highest BCUT2D eigenvalue weighted by atomic mass is 35.5. The second-order valence-electron chi connectivity index (χ2n) is 10.2. The molecule has 0 bridgehead atoms. The lowest BCUT2D eigenvalue weighted by molar-refractivity contribution is -0.137. The van der Waals surface area contributed by atoms with Crippen LogP contribution in [-0.4, -0.2) is 32.0 Å². The maximum atomic E-state index is 13.4. The second kappa shape index (κ2) is 10.4. The van der Waals surface area contributed by atoms with Crippen molar-refractivity contribution < 1.29 is 13.2 Å². The zero-order chi connectivity index (χ0) is 25.9.